The summed E-state index contributed by atoms with van der Waals surface area (Å²) in [7, 11) is 0. The van der Waals surface area contributed by atoms with Gasteiger partial charge in [-0.25, -0.2) is 8.78 Å². The lowest BCUT2D eigenvalue weighted by molar-refractivity contribution is -0.384. The van der Waals surface area contributed by atoms with Crippen molar-refractivity contribution >= 4 is 23.0 Å². The summed E-state index contributed by atoms with van der Waals surface area (Å²) in [6.45, 7) is 3.72. The molecular weight excluding hydrogens is 370 g/mol. The molecule has 0 aliphatic carbocycles. The maximum atomic E-state index is 13.7. The predicted molar refractivity (Wildman–Crippen MR) is 101 cm³/mol. The Bertz CT molecular complexity index is 885. The van der Waals surface area contributed by atoms with Gasteiger partial charge in [-0.2, -0.15) is 0 Å². The van der Waals surface area contributed by atoms with Crippen molar-refractivity contribution in [2.45, 2.75) is 13.0 Å². The van der Waals surface area contributed by atoms with E-state index >= 15 is 0 Å². The van der Waals surface area contributed by atoms with Gasteiger partial charge in [0, 0.05) is 38.3 Å². The summed E-state index contributed by atoms with van der Waals surface area (Å²) in [5.74, 6) is -1.78. The second-order valence-corrected chi connectivity index (χ2v) is 6.56. The maximum Gasteiger partial charge on any atom is 0.292 e. The number of nitro groups is 1. The van der Waals surface area contributed by atoms with E-state index in [9.17, 15) is 23.7 Å². The third-order valence-electron chi connectivity index (χ3n) is 4.85. The summed E-state index contributed by atoms with van der Waals surface area (Å²) in [4.78, 5) is 27.0. The Morgan fingerprint density at radius 2 is 1.82 bits per heavy atom. The highest BCUT2D eigenvalue weighted by molar-refractivity contribution is 5.94. The molecule has 2 aromatic rings. The molecule has 1 heterocycles. The zero-order valence-corrected chi connectivity index (χ0v) is 15.3. The van der Waals surface area contributed by atoms with Crippen LogP contribution >= 0.6 is 0 Å². The Hall–Kier alpha value is -3.07. The molecule has 1 N–H and O–H groups in total. The molecule has 1 aliphatic heterocycles. The summed E-state index contributed by atoms with van der Waals surface area (Å²) in [5, 5.41) is 13.6. The average Bonchev–Trinajstić information content (AvgIpc) is 2.70. The SMILES string of the molecule is CC(C(=O)Nc1cc(F)ccc1F)N1CCN(c2ccccc2[N+](=O)[O-])CC1. The summed E-state index contributed by atoms with van der Waals surface area (Å²) in [5.41, 5.74) is 0.393. The van der Waals surface area contributed by atoms with Crippen molar-refractivity contribution in [1.29, 1.82) is 0 Å². The highest BCUT2D eigenvalue weighted by Gasteiger charge is 2.28. The largest absolute Gasteiger partial charge is 0.363 e. The van der Waals surface area contributed by atoms with Crippen LogP contribution < -0.4 is 10.2 Å². The van der Waals surface area contributed by atoms with E-state index in [-0.39, 0.29) is 11.4 Å². The van der Waals surface area contributed by atoms with Gasteiger partial charge >= 0.3 is 0 Å². The molecule has 0 radical (unpaired) electrons. The molecule has 1 fully saturated rings. The van der Waals surface area contributed by atoms with Gasteiger partial charge in [-0.15, -0.1) is 0 Å². The molecule has 0 bridgehead atoms. The van der Waals surface area contributed by atoms with Crippen LogP contribution in [0.1, 0.15) is 6.92 Å². The van der Waals surface area contributed by atoms with Gasteiger partial charge < -0.3 is 10.2 Å². The minimum absolute atomic E-state index is 0.0447. The molecule has 1 aliphatic rings. The fraction of sp³-hybridized carbons (Fsp3) is 0.316. The van der Waals surface area contributed by atoms with Gasteiger partial charge in [0.2, 0.25) is 5.91 Å². The number of hydrogen-bond acceptors (Lipinski definition) is 5. The number of anilines is 2. The van der Waals surface area contributed by atoms with Crippen LogP contribution in [-0.2, 0) is 4.79 Å². The molecule has 2 aromatic carbocycles. The van der Waals surface area contributed by atoms with Gasteiger partial charge in [0.15, 0.2) is 0 Å². The van der Waals surface area contributed by atoms with E-state index < -0.39 is 28.5 Å². The third kappa shape index (κ3) is 4.25. The smallest absolute Gasteiger partial charge is 0.292 e. The molecule has 0 aromatic heterocycles. The highest BCUT2D eigenvalue weighted by atomic mass is 19.1. The lowest BCUT2D eigenvalue weighted by Crippen LogP contribution is -2.53. The van der Waals surface area contributed by atoms with Crippen LogP contribution in [0.4, 0.5) is 25.8 Å². The van der Waals surface area contributed by atoms with Gasteiger partial charge in [0.1, 0.15) is 17.3 Å². The average molecular weight is 390 g/mol. The molecule has 1 amide bonds. The number of nitrogens with zero attached hydrogens (tertiary/aromatic N) is 3. The second-order valence-electron chi connectivity index (χ2n) is 6.56. The highest BCUT2D eigenvalue weighted by Crippen LogP contribution is 2.28. The molecular formula is C19H20F2N4O3. The zero-order valence-electron chi connectivity index (χ0n) is 15.3. The van der Waals surface area contributed by atoms with E-state index in [0.29, 0.717) is 31.9 Å². The van der Waals surface area contributed by atoms with Crippen molar-refractivity contribution in [2.75, 3.05) is 36.4 Å². The second kappa shape index (κ2) is 8.30. The van der Waals surface area contributed by atoms with Crippen molar-refractivity contribution in [3.05, 3.63) is 64.2 Å². The first-order valence-corrected chi connectivity index (χ1v) is 8.85. The van der Waals surface area contributed by atoms with E-state index in [1.165, 1.54) is 6.07 Å². The van der Waals surface area contributed by atoms with E-state index in [4.69, 9.17) is 0 Å². The summed E-state index contributed by atoms with van der Waals surface area (Å²) < 4.78 is 27.0. The summed E-state index contributed by atoms with van der Waals surface area (Å²) in [6, 6.07) is 8.86. The van der Waals surface area contributed by atoms with Crippen LogP contribution in [0, 0.1) is 21.7 Å². The molecule has 7 nitrogen and oxygen atoms in total. The fourth-order valence-electron chi connectivity index (χ4n) is 3.23. The molecule has 148 valence electrons. The summed E-state index contributed by atoms with van der Waals surface area (Å²) >= 11 is 0. The van der Waals surface area contributed by atoms with Crippen LogP contribution in [-0.4, -0.2) is 48.0 Å². The number of carbonyl (C=O) groups is 1. The van der Waals surface area contributed by atoms with Crippen molar-refractivity contribution in [2.24, 2.45) is 0 Å². The Kier molecular flexibility index (Phi) is 5.84. The number of amides is 1. The van der Waals surface area contributed by atoms with Gasteiger partial charge in [-0.05, 0) is 25.1 Å². The topological polar surface area (TPSA) is 78.7 Å². The molecule has 1 atom stereocenters. The van der Waals surface area contributed by atoms with Crippen molar-refractivity contribution in [1.82, 2.24) is 4.90 Å². The van der Waals surface area contributed by atoms with Crippen LogP contribution in [0.25, 0.3) is 0 Å². The van der Waals surface area contributed by atoms with Crippen molar-refractivity contribution in [3.8, 4) is 0 Å². The Morgan fingerprint density at radius 3 is 2.50 bits per heavy atom. The van der Waals surface area contributed by atoms with E-state index in [1.807, 2.05) is 9.80 Å². The van der Waals surface area contributed by atoms with Crippen LogP contribution in [0.3, 0.4) is 0 Å². The Balaban J connectivity index is 1.62. The first kappa shape index (κ1) is 19.7. The molecule has 3 rings (SSSR count). The van der Waals surface area contributed by atoms with E-state index in [0.717, 1.165) is 18.2 Å². The number of rotatable bonds is 5. The van der Waals surface area contributed by atoms with Gasteiger partial charge in [-0.1, -0.05) is 12.1 Å². The standard InChI is InChI=1S/C19H20F2N4O3/c1-13(19(26)22-16-12-14(20)6-7-15(16)21)23-8-10-24(11-9-23)17-4-2-3-5-18(17)25(27)28/h2-7,12-13H,8-11H2,1H3,(H,22,26). The van der Waals surface area contributed by atoms with E-state index in [2.05, 4.69) is 5.32 Å². The first-order chi connectivity index (χ1) is 13.4. The fourth-order valence-corrected chi connectivity index (χ4v) is 3.23. The maximum absolute atomic E-state index is 13.7. The minimum atomic E-state index is -0.705. The van der Waals surface area contributed by atoms with Gasteiger partial charge in [0.05, 0.1) is 16.7 Å². The first-order valence-electron chi connectivity index (χ1n) is 8.85. The normalized spacial score (nSPS) is 15.9. The number of halogens is 2. The van der Waals surface area contributed by atoms with Gasteiger partial charge in [0.25, 0.3) is 5.69 Å². The van der Waals surface area contributed by atoms with Crippen molar-refractivity contribution in [3.63, 3.8) is 0 Å². The molecule has 1 saturated heterocycles. The molecule has 1 unspecified atom stereocenters. The number of hydrogen-bond donors (Lipinski definition) is 1. The van der Waals surface area contributed by atoms with Crippen LogP contribution in [0.2, 0.25) is 0 Å². The van der Waals surface area contributed by atoms with Crippen molar-refractivity contribution < 1.29 is 18.5 Å². The molecule has 28 heavy (non-hydrogen) atoms. The number of carbonyl (C=O) groups excluding carboxylic acids is 1. The van der Waals surface area contributed by atoms with Crippen LogP contribution in [0.15, 0.2) is 42.5 Å². The minimum Gasteiger partial charge on any atom is -0.363 e. The van der Waals surface area contributed by atoms with E-state index in [1.54, 1.807) is 25.1 Å². The summed E-state index contributed by atoms with van der Waals surface area (Å²) in [6.07, 6.45) is 0. The lowest BCUT2D eigenvalue weighted by Gasteiger charge is -2.38. The molecule has 9 heteroatoms. The van der Waals surface area contributed by atoms with Gasteiger partial charge in [-0.3, -0.25) is 19.8 Å². The number of nitrogens with one attached hydrogen (secondary N) is 1. The number of benzene rings is 2. The van der Waals surface area contributed by atoms with Crippen LogP contribution in [0.5, 0.6) is 0 Å². The molecule has 0 spiro atoms. The zero-order chi connectivity index (χ0) is 20.3. The third-order valence-corrected chi connectivity index (χ3v) is 4.85. The monoisotopic (exact) mass is 390 g/mol. The quantitative estimate of drug-likeness (QED) is 0.627. The number of nitro benzene ring substituents is 1. The predicted octanol–water partition coefficient (Wildman–Crippen LogP) is 3.02. The molecule has 0 saturated carbocycles. The lowest BCUT2D eigenvalue weighted by atomic mass is 10.1. The Labute approximate surface area is 160 Å². The number of piperazine rings is 1. The Morgan fingerprint density at radius 1 is 1.14 bits per heavy atom. The number of para-hydroxylation sites is 2.